The third-order valence-electron chi connectivity index (χ3n) is 2.27. The molecule has 2 rings (SSSR count). The van der Waals surface area contributed by atoms with Crippen molar-refractivity contribution in [2.24, 2.45) is 0 Å². The van der Waals surface area contributed by atoms with Crippen molar-refractivity contribution in [3.05, 3.63) is 11.9 Å². The van der Waals surface area contributed by atoms with Crippen LogP contribution in [0, 0.1) is 0 Å². The van der Waals surface area contributed by atoms with Gasteiger partial charge in [-0.25, -0.2) is 4.98 Å². The smallest absolute Gasteiger partial charge is 0.303 e. The molecule has 0 aliphatic carbocycles. The van der Waals surface area contributed by atoms with E-state index in [4.69, 9.17) is 5.11 Å². The number of hydrogen-bond donors (Lipinski definition) is 1. The molecule has 0 saturated heterocycles. The molecule has 0 bridgehead atoms. The molecule has 4 nitrogen and oxygen atoms in total. The van der Waals surface area contributed by atoms with Gasteiger partial charge in [0, 0.05) is 30.6 Å². The summed E-state index contributed by atoms with van der Waals surface area (Å²) in [5, 5.41) is 9.59. The predicted octanol–water partition coefficient (Wildman–Crippen LogP) is 1.40. The van der Waals surface area contributed by atoms with E-state index >= 15 is 0 Å². The average Bonchev–Trinajstić information content (AvgIpc) is 2.67. The number of thioether (sulfide) groups is 1. The molecule has 1 aliphatic rings. The van der Waals surface area contributed by atoms with E-state index in [2.05, 4.69) is 9.55 Å². The zero-order chi connectivity index (χ0) is 9.97. The molecular weight excluding hydrogens is 200 g/mol. The Balaban J connectivity index is 1.93. The number of carbonyl (C=O) groups is 1. The van der Waals surface area contributed by atoms with Crippen molar-refractivity contribution in [3.63, 3.8) is 0 Å². The van der Waals surface area contributed by atoms with E-state index in [0.717, 1.165) is 23.9 Å². The van der Waals surface area contributed by atoms with Gasteiger partial charge < -0.3 is 9.67 Å². The fourth-order valence-electron chi connectivity index (χ4n) is 1.59. The van der Waals surface area contributed by atoms with Crippen molar-refractivity contribution in [2.75, 3.05) is 5.75 Å². The van der Waals surface area contributed by atoms with Crippen molar-refractivity contribution in [2.45, 2.75) is 31.0 Å². The summed E-state index contributed by atoms with van der Waals surface area (Å²) in [6, 6.07) is 0. The molecule has 0 amide bonds. The van der Waals surface area contributed by atoms with Crippen LogP contribution in [0.15, 0.2) is 11.4 Å². The van der Waals surface area contributed by atoms with Crippen molar-refractivity contribution in [3.8, 4) is 0 Å². The van der Waals surface area contributed by atoms with Gasteiger partial charge >= 0.3 is 5.97 Å². The topological polar surface area (TPSA) is 55.1 Å². The quantitative estimate of drug-likeness (QED) is 0.819. The Kier molecular flexibility index (Phi) is 2.77. The molecule has 0 spiro atoms. The van der Waals surface area contributed by atoms with Gasteiger partial charge in [0.1, 0.15) is 0 Å². The highest BCUT2D eigenvalue weighted by atomic mass is 32.2. The zero-order valence-corrected chi connectivity index (χ0v) is 8.59. The van der Waals surface area contributed by atoms with Crippen LogP contribution < -0.4 is 0 Å². The average molecular weight is 212 g/mol. The fourth-order valence-corrected chi connectivity index (χ4v) is 2.54. The zero-order valence-electron chi connectivity index (χ0n) is 7.77. The van der Waals surface area contributed by atoms with Gasteiger partial charge in [0.05, 0.1) is 0 Å². The minimum Gasteiger partial charge on any atom is -0.481 e. The maximum absolute atomic E-state index is 10.3. The minimum absolute atomic E-state index is 0.244. The summed E-state index contributed by atoms with van der Waals surface area (Å²) >= 11 is 1.76. The number of hydrogen-bond acceptors (Lipinski definition) is 3. The van der Waals surface area contributed by atoms with Crippen LogP contribution in [0.25, 0.3) is 0 Å². The van der Waals surface area contributed by atoms with E-state index in [-0.39, 0.29) is 6.42 Å². The van der Waals surface area contributed by atoms with Gasteiger partial charge in [0.2, 0.25) is 0 Å². The maximum atomic E-state index is 10.3. The van der Waals surface area contributed by atoms with Gasteiger partial charge in [-0.3, -0.25) is 4.79 Å². The van der Waals surface area contributed by atoms with Gasteiger partial charge in [0.15, 0.2) is 5.16 Å². The highest BCUT2D eigenvalue weighted by Crippen LogP contribution is 2.26. The molecule has 5 heteroatoms. The lowest BCUT2D eigenvalue weighted by atomic mass is 10.2. The first kappa shape index (κ1) is 9.58. The SMILES string of the molecule is O=C(O)CCCc1cnc2n1CCS2. The Morgan fingerprint density at radius 3 is 3.36 bits per heavy atom. The van der Waals surface area contributed by atoms with Crippen LogP contribution in [0.3, 0.4) is 0 Å². The molecule has 1 aliphatic heterocycles. The van der Waals surface area contributed by atoms with E-state index in [1.165, 1.54) is 5.69 Å². The summed E-state index contributed by atoms with van der Waals surface area (Å²) in [5.41, 5.74) is 1.17. The summed E-state index contributed by atoms with van der Waals surface area (Å²) in [5.74, 6) is 0.371. The summed E-state index contributed by atoms with van der Waals surface area (Å²) in [6.07, 6.45) is 3.63. The first-order valence-electron chi connectivity index (χ1n) is 4.66. The molecule has 0 aromatic carbocycles. The third-order valence-corrected chi connectivity index (χ3v) is 3.24. The normalized spacial score (nSPS) is 14.3. The standard InChI is InChI=1S/C9H12N2O2S/c12-8(13)3-1-2-7-6-10-9-11(7)4-5-14-9/h6H,1-5H2,(H,12,13). The number of imidazole rings is 1. The first-order chi connectivity index (χ1) is 6.77. The molecule has 2 heterocycles. The van der Waals surface area contributed by atoms with Crippen LogP contribution in [-0.2, 0) is 17.8 Å². The highest BCUT2D eigenvalue weighted by Gasteiger charge is 2.15. The molecule has 0 unspecified atom stereocenters. The van der Waals surface area contributed by atoms with E-state index < -0.39 is 5.97 Å². The first-order valence-corrected chi connectivity index (χ1v) is 5.65. The number of carboxylic acid groups (broad SMARTS) is 1. The Bertz CT molecular complexity index is 349. The van der Waals surface area contributed by atoms with Crippen molar-refractivity contribution < 1.29 is 9.90 Å². The van der Waals surface area contributed by atoms with E-state index in [9.17, 15) is 4.79 Å². The molecule has 1 N–H and O–H groups in total. The largest absolute Gasteiger partial charge is 0.481 e. The molecule has 0 radical (unpaired) electrons. The molecule has 1 aromatic rings. The maximum Gasteiger partial charge on any atom is 0.303 e. The second-order valence-electron chi connectivity index (χ2n) is 3.28. The van der Waals surface area contributed by atoms with Crippen LogP contribution in [0.2, 0.25) is 0 Å². The van der Waals surface area contributed by atoms with Crippen molar-refractivity contribution in [1.82, 2.24) is 9.55 Å². The van der Waals surface area contributed by atoms with Gasteiger partial charge in [-0.05, 0) is 12.8 Å². The number of aryl methyl sites for hydroxylation is 1. The van der Waals surface area contributed by atoms with Gasteiger partial charge in [-0.2, -0.15) is 0 Å². The fraction of sp³-hybridized carbons (Fsp3) is 0.556. The minimum atomic E-state index is -0.722. The van der Waals surface area contributed by atoms with E-state index in [1.54, 1.807) is 11.8 Å². The predicted molar refractivity (Wildman–Crippen MR) is 53.5 cm³/mol. The molecule has 76 valence electrons. The van der Waals surface area contributed by atoms with Crippen LogP contribution in [0.5, 0.6) is 0 Å². The monoisotopic (exact) mass is 212 g/mol. The number of aliphatic carboxylic acids is 1. The lowest BCUT2D eigenvalue weighted by Crippen LogP contribution is -2.02. The van der Waals surface area contributed by atoms with Crippen LogP contribution in [-0.4, -0.2) is 26.4 Å². The second kappa shape index (κ2) is 4.04. The molecule has 0 atom stereocenters. The molecular formula is C9H12N2O2S. The number of fused-ring (bicyclic) bond motifs is 1. The number of aromatic nitrogens is 2. The Hall–Kier alpha value is -0.970. The van der Waals surface area contributed by atoms with Crippen molar-refractivity contribution in [1.29, 1.82) is 0 Å². The Labute approximate surface area is 86.3 Å². The van der Waals surface area contributed by atoms with E-state index in [0.29, 0.717) is 6.42 Å². The van der Waals surface area contributed by atoms with Gasteiger partial charge in [-0.15, -0.1) is 0 Å². The summed E-state index contributed by atoms with van der Waals surface area (Å²) in [4.78, 5) is 14.6. The number of rotatable bonds is 4. The summed E-state index contributed by atoms with van der Waals surface area (Å²) < 4.78 is 2.19. The lowest BCUT2D eigenvalue weighted by Gasteiger charge is -2.02. The molecule has 1 aromatic heterocycles. The highest BCUT2D eigenvalue weighted by molar-refractivity contribution is 7.99. The number of nitrogens with zero attached hydrogens (tertiary/aromatic N) is 2. The molecule has 0 fully saturated rings. The lowest BCUT2D eigenvalue weighted by molar-refractivity contribution is -0.137. The number of carboxylic acids is 1. The van der Waals surface area contributed by atoms with Crippen LogP contribution in [0.1, 0.15) is 18.5 Å². The van der Waals surface area contributed by atoms with Gasteiger partial charge in [-0.1, -0.05) is 11.8 Å². The Morgan fingerprint density at radius 1 is 1.71 bits per heavy atom. The summed E-state index contributed by atoms with van der Waals surface area (Å²) in [7, 11) is 0. The van der Waals surface area contributed by atoms with Crippen LogP contribution >= 0.6 is 11.8 Å². The van der Waals surface area contributed by atoms with Crippen molar-refractivity contribution >= 4 is 17.7 Å². The third kappa shape index (κ3) is 1.92. The second-order valence-corrected chi connectivity index (χ2v) is 4.34. The molecule has 14 heavy (non-hydrogen) atoms. The summed E-state index contributed by atoms with van der Waals surface area (Å²) in [6.45, 7) is 1.02. The van der Waals surface area contributed by atoms with E-state index in [1.807, 2.05) is 6.20 Å². The Morgan fingerprint density at radius 2 is 2.57 bits per heavy atom. The molecule has 0 saturated carbocycles. The van der Waals surface area contributed by atoms with Crippen LogP contribution in [0.4, 0.5) is 0 Å². The van der Waals surface area contributed by atoms with Gasteiger partial charge in [0.25, 0.3) is 0 Å².